The Balaban J connectivity index is 1.72. The molecule has 0 bridgehead atoms. The topological polar surface area (TPSA) is 90.8 Å². The molecule has 0 aromatic carbocycles. The highest BCUT2D eigenvalue weighted by Crippen LogP contribution is 2.28. The first-order valence-electron chi connectivity index (χ1n) is 6.69. The lowest BCUT2D eigenvalue weighted by Crippen LogP contribution is -2.36. The molecule has 1 aliphatic heterocycles. The third kappa shape index (κ3) is 2.78. The number of pyridine rings is 1. The summed E-state index contributed by atoms with van der Waals surface area (Å²) in [5.41, 5.74) is 1.77. The highest BCUT2D eigenvalue weighted by molar-refractivity contribution is 5.94. The van der Waals surface area contributed by atoms with E-state index in [1.165, 1.54) is 12.3 Å². The van der Waals surface area contributed by atoms with Crippen LogP contribution < -0.4 is 5.32 Å². The first kappa shape index (κ1) is 13.3. The molecule has 0 unspecified atom stereocenters. The molecule has 0 spiro atoms. The van der Waals surface area contributed by atoms with E-state index in [0.29, 0.717) is 17.9 Å². The normalized spacial score (nSPS) is 20.9. The van der Waals surface area contributed by atoms with Crippen LogP contribution in [0.15, 0.2) is 36.8 Å². The van der Waals surface area contributed by atoms with E-state index < -0.39 is 0 Å². The highest BCUT2D eigenvalue weighted by Gasteiger charge is 2.31. The van der Waals surface area contributed by atoms with Crippen LogP contribution in [0.25, 0.3) is 0 Å². The monoisotopic (exact) mass is 282 g/mol. The second kappa shape index (κ2) is 5.77. The average molecular weight is 282 g/mol. The molecule has 3 heterocycles. The minimum atomic E-state index is -0.211. The molecule has 0 radical (unpaired) electrons. The van der Waals surface area contributed by atoms with Gasteiger partial charge in [0.2, 0.25) is 0 Å². The minimum Gasteiger partial charge on any atom is -0.371 e. The fourth-order valence-corrected chi connectivity index (χ4v) is 2.45. The van der Waals surface area contributed by atoms with E-state index in [4.69, 9.17) is 10.00 Å². The molecule has 3 rings (SSSR count). The first-order valence-corrected chi connectivity index (χ1v) is 6.69. The Morgan fingerprint density at radius 2 is 2.48 bits per heavy atom. The zero-order valence-corrected chi connectivity index (χ0v) is 11.2. The highest BCUT2D eigenvalue weighted by atomic mass is 16.5. The predicted molar refractivity (Wildman–Crippen MR) is 74.3 cm³/mol. The summed E-state index contributed by atoms with van der Waals surface area (Å²) in [5, 5.41) is 11.7. The van der Waals surface area contributed by atoms with Crippen LogP contribution in [0.2, 0.25) is 0 Å². The first-order chi connectivity index (χ1) is 10.3. The molecule has 1 fully saturated rings. The van der Waals surface area contributed by atoms with Crippen LogP contribution in [0.5, 0.6) is 0 Å². The summed E-state index contributed by atoms with van der Waals surface area (Å²) >= 11 is 0. The Bertz CT molecular complexity index is 674. The van der Waals surface area contributed by atoms with Crippen molar-refractivity contribution < 1.29 is 9.53 Å². The van der Waals surface area contributed by atoms with Crippen molar-refractivity contribution in [2.45, 2.75) is 18.6 Å². The maximum atomic E-state index is 12.2. The van der Waals surface area contributed by atoms with Gasteiger partial charge >= 0.3 is 0 Å². The third-order valence-corrected chi connectivity index (χ3v) is 3.49. The van der Waals surface area contributed by atoms with Crippen molar-refractivity contribution in [1.29, 1.82) is 5.26 Å². The summed E-state index contributed by atoms with van der Waals surface area (Å²) in [5.74, 6) is -0.211. The van der Waals surface area contributed by atoms with Gasteiger partial charge < -0.3 is 15.0 Å². The maximum Gasteiger partial charge on any atom is 0.253 e. The molecule has 6 heteroatoms. The number of amides is 1. The van der Waals surface area contributed by atoms with Crippen LogP contribution in [0, 0.1) is 11.3 Å². The summed E-state index contributed by atoms with van der Waals surface area (Å²) < 4.78 is 5.70. The number of nitriles is 1. The number of aromatic nitrogens is 2. The van der Waals surface area contributed by atoms with Gasteiger partial charge in [-0.15, -0.1) is 0 Å². The number of H-pyrrole nitrogens is 1. The second-order valence-electron chi connectivity index (χ2n) is 4.86. The lowest BCUT2D eigenvalue weighted by molar-refractivity contribution is 0.0820. The van der Waals surface area contributed by atoms with Crippen molar-refractivity contribution in [1.82, 2.24) is 15.3 Å². The lowest BCUT2D eigenvalue weighted by atomic mass is 10.0. The molecule has 0 aliphatic carbocycles. The molecular formula is C15H14N4O2. The number of aromatic amines is 1. The second-order valence-corrected chi connectivity index (χ2v) is 4.86. The molecule has 1 aliphatic rings. The van der Waals surface area contributed by atoms with Gasteiger partial charge in [0.05, 0.1) is 11.6 Å². The van der Waals surface area contributed by atoms with Gasteiger partial charge in [-0.1, -0.05) is 6.07 Å². The smallest absolute Gasteiger partial charge is 0.253 e. The number of hydrogen-bond acceptors (Lipinski definition) is 4. The van der Waals surface area contributed by atoms with Crippen LogP contribution >= 0.6 is 0 Å². The van der Waals surface area contributed by atoms with Crippen molar-refractivity contribution >= 4 is 5.91 Å². The van der Waals surface area contributed by atoms with Crippen molar-refractivity contribution in [3.63, 3.8) is 0 Å². The largest absolute Gasteiger partial charge is 0.371 e. The zero-order chi connectivity index (χ0) is 14.7. The number of rotatable bonds is 3. The summed E-state index contributed by atoms with van der Waals surface area (Å²) in [4.78, 5) is 19.0. The zero-order valence-electron chi connectivity index (χ0n) is 11.2. The molecule has 6 nitrogen and oxygen atoms in total. The quantitative estimate of drug-likeness (QED) is 0.893. The van der Waals surface area contributed by atoms with E-state index in [-0.39, 0.29) is 18.1 Å². The van der Waals surface area contributed by atoms with Crippen LogP contribution in [0.3, 0.4) is 0 Å². The Morgan fingerprint density at radius 1 is 1.57 bits per heavy atom. The Hall–Kier alpha value is -2.65. The molecular weight excluding hydrogens is 268 g/mol. The number of nitrogens with zero attached hydrogens (tertiary/aromatic N) is 2. The van der Waals surface area contributed by atoms with Crippen LogP contribution in [-0.4, -0.2) is 28.5 Å². The lowest BCUT2D eigenvalue weighted by Gasteiger charge is -2.19. The van der Waals surface area contributed by atoms with E-state index in [0.717, 1.165) is 12.0 Å². The van der Waals surface area contributed by atoms with Gasteiger partial charge in [0.15, 0.2) is 0 Å². The van der Waals surface area contributed by atoms with Gasteiger partial charge in [-0.2, -0.15) is 5.26 Å². The maximum absolute atomic E-state index is 12.2. The molecule has 2 N–H and O–H groups in total. The fraction of sp³-hybridized carbons (Fsp3) is 0.267. The number of nitrogens with one attached hydrogen (secondary N) is 2. The van der Waals surface area contributed by atoms with Gasteiger partial charge in [-0.3, -0.25) is 9.78 Å². The number of ether oxygens (including phenoxy) is 1. The molecule has 21 heavy (non-hydrogen) atoms. The summed E-state index contributed by atoms with van der Waals surface area (Å²) in [6.07, 6.45) is 5.55. The van der Waals surface area contributed by atoms with Crippen molar-refractivity contribution in [3.05, 3.63) is 53.6 Å². The van der Waals surface area contributed by atoms with E-state index in [2.05, 4.69) is 15.3 Å². The van der Waals surface area contributed by atoms with Gasteiger partial charge in [-0.25, -0.2) is 0 Å². The fourth-order valence-electron chi connectivity index (χ4n) is 2.45. The Labute approximate surface area is 121 Å². The predicted octanol–water partition coefficient (Wildman–Crippen LogP) is 1.54. The third-order valence-electron chi connectivity index (χ3n) is 3.49. The van der Waals surface area contributed by atoms with Gasteiger partial charge in [-0.05, 0) is 18.6 Å². The molecule has 2 atom stereocenters. The standard InChI is InChI=1S/C15H14N4O2/c16-7-12-6-11(9-18-12)15(20)19-13-3-5-21-14(13)10-2-1-4-17-8-10/h1-2,4,6,8-9,13-14,18H,3,5H2,(H,19,20)/t13-,14+/m0/s1. The number of hydrogen-bond donors (Lipinski definition) is 2. The van der Waals surface area contributed by atoms with Crippen molar-refractivity contribution in [3.8, 4) is 6.07 Å². The van der Waals surface area contributed by atoms with Crippen LogP contribution in [-0.2, 0) is 4.74 Å². The van der Waals surface area contributed by atoms with Crippen molar-refractivity contribution in [2.75, 3.05) is 6.61 Å². The van der Waals surface area contributed by atoms with Crippen LogP contribution in [0.4, 0.5) is 0 Å². The molecule has 1 amide bonds. The molecule has 2 aromatic rings. The molecule has 106 valence electrons. The van der Waals surface area contributed by atoms with E-state index in [1.54, 1.807) is 12.4 Å². The van der Waals surface area contributed by atoms with E-state index >= 15 is 0 Å². The Morgan fingerprint density at radius 3 is 3.19 bits per heavy atom. The van der Waals surface area contributed by atoms with Gasteiger partial charge in [0.1, 0.15) is 17.9 Å². The van der Waals surface area contributed by atoms with Gasteiger partial charge in [0, 0.05) is 30.8 Å². The number of carbonyl (C=O) groups is 1. The molecule has 0 saturated carbocycles. The Kier molecular flexibility index (Phi) is 3.67. The van der Waals surface area contributed by atoms with E-state index in [9.17, 15) is 4.79 Å². The summed E-state index contributed by atoms with van der Waals surface area (Å²) in [6, 6.07) is 7.18. The van der Waals surface area contributed by atoms with Crippen molar-refractivity contribution in [2.24, 2.45) is 0 Å². The van der Waals surface area contributed by atoms with E-state index in [1.807, 2.05) is 18.2 Å². The summed E-state index contributed by atoms with van der Waals surface area (Å²) in [6.45, 7) is 0.598. The van der Waals surface area contributed by atoms with Gasteiger partial charge in [0.25, 0.3) is 5.91 Å². The number of carbonyl (C=O) groups excluding carboxylic acids is 1. The molecule has 2 aromatic heterocycles. The summed E-state index contributed by atoms with van der Waals surface area (Å²) in [7, 11) is 0. The minimum absolute atomic E-state index is 0.0952. The average Bonchev–Trinajstić information content (AvgIpc) is 3.17. The SMILES string of the molecule is N#Cc1cc(C(=O)N[C@H]2CCO[C@@H]2c2cccnc2)c[nH]1. The molecule has 1 saturated heterocycles. The van der Waals surface area contributed by atoms with Crippen LogP contribution in [0.1, 0.15) is 34.1 Å².